The lowest BCUT2D eigenvalue weighted by Gasteiger charge is -2.22. The van der Waals surface area contributed by atoms with Gasteiger partial charge in [0.05, 0.1) is 18.6 Å². The molecule has 110 valence electrons. The number of sulfone groups is 1. The van der Waals surface area contributed by atoms with Crippen molar-refractivity contribution in [2.75, 3.05) is 23.9 Å². The molecule has 7 heteroatoms. The van der Waals surface area contributed by atoms with E-state index in [0.29, 0.717) is 24.1 Å². The van der Waals surface area contributed by atoms with Crippen LogP contribution < -0.4 is 5.32 Å². The van der Waals surface area contributed by atoms with Crippen molar-refractivity contribution in [3.8, 4) is 0 Å². The Morgan fingerprint density at radius 1 is 1.35 bits per heavy atom. The van der Waals surface area contributed by atoms with E-state index >= 15 is 0 Å². The third-order valence-electron chi connectivity index (χ3n) is 3.43. The molecule has 0 spiro atoms. The van der Waals surface area contributed by atoms with Gasteiger partial charge in [0, 0.05) is 5.69 Å². The fourth-order valence-electron chi connectivity index (χ4n) is 2.31. The molecule has 1 heterocycles. The molecule has 0 aromatic heterocycles. The van der Waals surface area contributed by atoms with Gasteiger partial charge in [0.1, 0.15) is 15.7 Å². The number of benzene rings is 1. The second-order valence-corrected chi connectivity index (χ2v) is 7.08. The Balaban J connectivity index is 2.12. The van der Waals surface area contributed by atoms with Crippen molar-refractivity contribution in [1.29, 1.82) is 0 Å². The summed E-state index contributed by atoms with van der Waals surface area (Å²) in [5.74, 6) is -0.340. The lowest BCUT2D eigenvalue weighted by molar-refractivity contribution is 0.187. The number of carbonyl (C=O) groups excluding carboxylic acids is 1. The quantitative estimate of drug-likeness (QED) is 0.909. The molecule has 0 unspecified atom stereocenters. The number of anilines is 1. The number of rotatable bonds is 2. The first kappa shape index (κ1) is 14.8. The summed E-state index contributed by atoms with van der Waals surface area (Å²) < 4.78 is 41.2. The Morgan fingerprint density at radius 3 is 2.55 bits per heavy atom. The molecule has 1 aliphatic rings. The number of nitrogens with one attached hydrogen (secondary N) is 1. The Kier molecular flexibility index (Phi) is 4.27. The van der Waals surface area contributed by atoms with Crippen LogP contribution in [0.5, 0.6) is 0 Å². The van der Waals surface area contributed by atoms with Crippen molar-refractivity contribution in [3.05, 3.63) is 29.6 Å². The maximum atomic E-state index is 14.0. The minimum absolute atomic E-state index is 0.0919. The molecule has 0 bridgehead atoms. The molecular formula is C13H16FNO4S. The second-order valence-electron chi connectivity index (χ2n) is 4.78. The molecule has 0 saturated carbocycles. The van der Waals surface area contributed by atoms with Gasteiger partial charge in [0.25, 0.3) is 0 Å². The predicted octanol–water partition coefficient (Wildman–Crippen LogP) is 2.30. The van der Waals surface area contributed by atoms with Crippen LogP contribution in [0.2, 0.25) is 0 Å². The summed E-state index contributed by atoms with van der Waals surface area (Å²) in [6, 6.07) is 4.39. The minimum Gasteiger partial charge on any atom is -0.453 e. The van der Waals surface area contributed by atoms with E-state index in [2.05, 4.69) is 10.1 Å². The molecule has 1 fully saturated rings. The summed E-state index contributed by atoms with van der Waals surface area (Å²) in [6.45, 7) is 0. The highest BCUT2D eigenvalue weighted by molar-refractivity contribution is 7.91. The Bertz CT molecular complexity index is 601. The van der Waals surface area contributed by atoms with Gasteiger partial charge in [-0.1, -0.05) is 6.07 Å². The van der Waals surface area contributed by atoms with Gasteiger partial charge >= 0.3 is 6.09 Å². The number of hydrogen-bond donors (Lipinski definition) is 1. The number of halogens is 1. The standard InChI is InChI=1S/C13H16FNO4S/c1-19-13(16)15-10-2-3-11(12(14)8-10)9-4-6-20(17,18)7-5-9/h2-3,8-9H,4-7H2,1H3,(H,15,16). The van der Waals surface area contributed by atoms with E-state index in [4.69, 9.17) is 0 Å². The molecule has 20 heavy (non-hydrogen) atoms. The van der Waals surface area contributed by atoms with Crippen molar-refractivity contribution in [1.82, 2.24) is 0 Å². The van der Waals surface area contributed by atoms with Crippen LogP contribution in [0, 0.1) is 5.82 Å². The van der Waals surface area contributed by atoms with Crippen molar-refractivity contribution >= 4 is 21.6 Å². The number of methoxy groups -OCH3 is 1. The summed E-state index contributed by atoms with van der Waals surface area (Å²) in [6.07, 6.45) is 0.201. The van der Waals surface area contributed by atoms with Gasteiger partial charge in [-0.25, -0.2) is 17.6 Å². The molecule has 1 N–H and O–H groups in total. The van der Waals surface area contributed by atoms with Crippen molar-refractivity contribution in [2.24, 2.45) is 0 Å². The second kappa shape index (κ2) is 5.78. The SMILES string of the molecule is COC(=O)Nc1ccc(C2CCS(=O)(=O)CC2)c(F)c1. The molecule has 0 radical (unpaired) electrons. The van der Waals surface area contributed by atoms with Crippen molar-refractivity contribution in [3.63, 3.8) is 0 Å². The summed E-state index contributed by atoms with van der Waals surface area (Å²) in [4.78, 5) is 11.0. The van der Waals surface area contributed by atoms with Crippen LogP contribution in [0.25, 0.3) is 0 Å². The van der Waals surface area contributed by atoms with Crippen LogP contribution in [-0.2, 0) is 14.6 Å². The van der Waals surface area contributed by atoms with Crippen molar-refractivity contribution < 1.29 is 22.3 Å². The first-order valence-corrected chi connectivity index (χ1v) is 8.08. The van der Waals surface area contributed by atoms with Gasteiger partial charge in [-0.3, -0.25) is 5.32 Å². The predicted molar refractivity (Wildman–Crippen MR) is 73.1 cm³/mol. The summed E-state index contributed by atoms with van der Waals surface area (Å²) in [5.41, 5.74) is 0.803. The molecule has 0 aliphatic carbocycles. The van der Waals surface area contributed by atoms with Crippen molar-refractivity contribution in [2.45, 2.75) is 18.8 Å². The molecule has 1 aromatic carbocycles. The lowest BCUT2D eigenvalue weighted by Crippen LogP contribution is -2.22. The molecule has 1 amide bonds. The van der Waals surface area contributed by atoms with Gasteiger partial charge in [-0.2, -0.15) is 0 Å². The highest BCUT2D eigenvalue weighted by atomic mass is 32.2. The maximum Gasteiger partial charge on any atom is 0.411 e. The van der Waals surface area contributed by atoms with E-state index in [0.717, 1.165) is 0 Å². The van der Waals surface area contributed by atoms with Gasteiger partial charge in [0.15, 0.2) is 0 Å². The average molecular weight is 301 g/mol. The number of ether oxygens (including phenoxy) is 1. The summed E-state index contributed by atoms with van der Waals surface area (Å²) in [7, 11) is -1.74. The smallest absolute Gasteiger partial charge is 0.411 e. The summed E-state index contributed by atoms with van der Waals surface area (Å²) in [5, 5.41) is 2.38. The van der Waals surface area contributed by atoms with E-state index in [1.165, 1.54) is 13.2 Å². The number of hydrogen-bond acceptors (Lipinski definition) is 4. The van der Waals surface area contributed by atoms with Crippen LogP contribution >= 0.6 is 0 Å². The molecule has 1 aromatic rings. The fraction of sp³-hybridized carbons (Fsp3) is 0.462. The topological polar surface area (TPSA) is 72.5 Å². The van der Waals surface area contributed by atoms with Crippen LogP contribution in [0.15, 0.2) is 18.2 Å². The molecule has 2 rings (SSSR count). The van der Waals surface area contributed by atoms with Crippen LogP contribution in [-0.4, -0.2) is 33.1 Å². The van der Waals surface area contributed by atoms with E-state index in [1.807, 2.05) is 0 Å². The van der Waals surface area contributed by atoms with Gasteiger partial charge < -0.3 is 4.74 Å². The molecule has 5 nitrogen and oxygen atoms in total. The van der Waals surface area contributed by atoms with Gasteiger partial charge in [-0.15, -0.1) is 0 Å². The van der Waals surface area contributed by atoms with E-state index in [9.17, 15) is 17.6 Å². The number of amides is 1. The lowest BCUT2D eigenvalue weighted by atomic mass is 9.93. The highest BCUT2D eigenvalue weighted by Gasteiger charge is 2.26. The maximum absolute atomic E-state index is 14.0. The van der Waals surface area contributed by atoms with Crippen LogP contribution in [0.4, 0.5) is 14.9 Å². The zero-order valence-electron chi connectivity index (χ0n) is 11.1. The third kappa shape index (κ3) is 3.47. The molecule has 1 aliphatic heterocycles. The molecular weight excluding hydrogens is 285 g/mol. The van der Waals surface area contributed by atoms with Gasteiger partial charge in [-0.05, 0) is 36.5 Å². The van der Waals surface area contributed by atoms with E-state index in [-0.39, 0.29) is 17.4 Å². The van der Waals surface area contributed by atoms with Gasteiger partial charge in [0.2, 0.25) is 0 Å². The monoisotopic (exact) mass is 301 g/mol. The largest absolute Gasteiger partial charge is 0.453 e. The zero-order chi connectivity index (χ0) is 14.8. The Labute approximate surface area is 117 Å². The first-order chi connectivity index (χ1) is 9.41. The van der Waals surface area contributed by atoms with Crippen LogP contribution in [0.1, 0.15) is 24.3 Å². The Hall–Kier alpha value is -1.63. The molecule has 1 saturated heterocycles. The average Bonchev–Trinajstić information content (AvgIpc) is 2.39. The third-order valence-corrected chi connectivity index (χ3v) is 5.14. The molecule has 0 atom stereocenters. The Morgan fingerprint density at radius 2 is 2.00 bits per heavy atom. The normalized spacial score (nSPS) is 18.5. The summed E-state index contributed by atoms with van der Waals surface area (Å²) >= 11 is 0. The first-order valence-electron chi connectivity index (χ1n) is 6.26. The minimum atomic E-state index is -2.96. The number of carbonyl (C=O) groups is 1. The van der Waals surface area contributed by atoms with E-state index in [1.54, 1.807) is 12.1 Å². The van der Waals surface area contributed by atoms with Crippen LogP contribution in [0.3, 0.4) is 0 Å². The fourth-order valence-corrected chi connectivity index (χ4v) is 3.80. The zero-order valence-corrected chi connectivity index (χ0v) is 11.9. The highest BCUT2D eigenvalue weighted by Crippen LogP contribution is 2.31. The van der Waals surface area contributed by atoms with E-state index < -0.39 is 21.7 Å².